The number of amides is 11. The second kappa shape index (κ2) is 33.6. The Morgan fingerprint density at radius 1 is 0.604 bits per heavy atom. The van der Waals surface area contributed by atoms with E-state index in [1.807, 2.05) is 34.6 Å². The van der Waals surface area contributed by atoms with Crippen LogP contribution in [-0.4, -0.2) is 216 Å². The zero-order chi connectivity index (χ0) is 67.8. The highest BCUT2D eigenvalue weighted by Gasteiger charge is 2.49. The van der Waals surface area contributed by atoms with Crippen molar-refractivity contribution in [3.8, 4) is 0 Å². The number of nitrogens with one attached hydrogen (secondary N) is 4. The van der Waals surface area contributed by atoms with Crippen molar-refractivity contribution < 1.29 is 70.3 Å². The molecule has 0 radical (unpaired) electrons. The molecule has 2 aliphatic carbocycles. The zero-order valence-electron chi connectivity index (χ0n) is 55.6. The maximum Gasteiger partial charge on any atom is 0.419 e. The molecule has 4 N–H and O–H groups in total. The van der Waals surface area contributed by atoms with E-state index in [9.17, 15) is 65.5 Å². The van der Waals surface area contributed by atoms with E-state index in [2.05, 4.69) is 21.3 Å². The molecule has 5 rings (SSSR count). The molecule has 0 aromatic heterocycles. The molecule has 22 nitrogen and oxygen atoms in total. The Labute approximate surface area is 534 Å². The number of aryl methyl sites for hydroxylation is 1. The van der Waals surface area contributed by atoms with Gasteiger partial charge in [-0.25, -0.2) is 4.39 Å². The van der Waals surface area contributed by atoms with Crippen LogP contribution in [0.2, 0.25) is 0 Å². The summed E-state index contributed by atoms with van der Waals surface area (Å²) in [7, 11) is 8.50. The number of carbonyl (C=O) groups excluding carboxylic acids is 11. The molecular formula is C65H101F4N11O11. The van der Waals surface area contributed by atoms with E-state index in [4.69, 9.17) is 0 Å². The van der Waals surface area contributed by atoms with Gasteiger partial charge in [0.1, 0.15) is 47.6 Å². The average Bonchev–Trinajstić information content (AvgIpc) is 2.04. The second-order valence-electron chi connectivity index (χ2n) is 26.9. The molecule has 2 saturated carbocycles. The molecule has 1 spiro atoms. The normalized spacial score (nSPS) is 25.8. The number of likely N-dealkylation sites (N-methyl/N-ethyl adjacent to an activating group) is 6. The van der Waals surface area contributed by atoms with Crippen molar-refractivity contribution in [2.45, 2.75) is 224 Å². The number of halogens is 4. The van der Waals surface area contributed by atoms with Gasteiger partial charge in [-0.1, -0.05) is 98.5 Å². The summed E-state index contributed by atoms with van der Waals surface area (Å²) in [6.07, 6.45) is 2.48. The van der Waals surface area contributed by atoms with Crippen molar-refractivity contribution >= 4 is 65.0 Å². The third-order valence-electron chi connectivity index (χ3n) is 18.5. The van der Waals surface area contributed by atoms with Gasteiger partial charge in [0.15, 0.2) is 0 Å². The number of alkyl halides is 3. The fraction of sp³-hybridized carbons (Fsp3) is 0.738. The molecule has 7 atom stereocenters. The number of fused-ring (bicyclic) bond motifs is 1. The standard InChI is InChI=1S/C65H101F4N11O11/c1-13-14-23-47-60(88)76(9)38-55(83)74(7)39-56(84)78(11)52(36-43-21-16-15-17-22-43)62(90)75(8)37-53(81)71-48(28-26-44-25-27-45(46(66)35-44)65(67,68)69)61(89)80-31-20-24-49(80)59(87)73-64(29-18-19-30-64)63(91)79(12)51(33-41(4)5)57(85)70-42(6)34-54(82)77(10)50(32-40(2)3)58(86)72-47/h25,27,35,40-43,47-52H,13-24,26,28-34,36-39H2,1-12H3,(H,70,85)(H,71,81)(H,72,86)(H,73,87)/t42-,47+,48+,49+,50+,51+,52+/m1/s1. The van der Waals surface area contributed by atoms with Gasteiger partial charge in [-0.05, 0) is 107 Å². The number of carbonyl (C=O) groups is 11. The molecule has 1 aromatic rings. The predicted octanol–water partition coefficient (Wildman–Crippen LogP) is 5.18. The number of nitrogens with zero attached hydrogens (tertiary/aromatic N) is 7. The number of unbranched alkanes of at least 4 members (excludes halogenated alkanes) is 1. The van der Waals surface area contributed by atoms with E-state index in [0.717, 1.165) is 52.9 Å². The van der Waals surface area contributed by atoms with Crippen molar-refractivity contribution in [2.24, 2.45) is 17.8 Å². The SMILES string of the molecule is CCCC[C@@H]1NC(=O)[C@H](CC(C)C)N(C)C(=O)C[C@@H](C)NC(=O)[C@H](CC(C)C)N(C)C(=O)C2(CCCC2)NC(=O)[C@@H]2CCCN2C(=O)[C@H](CCc2ccc(C(F)(F)F)c(F)c2)NC(=O)CN(C)C(=O)[C@H](CC2CCCCC2)N(C)C(=O)CN(C)C(=O)CN(C)C1=O. The van der Waals surface area contributed by atoms with Crippen LogP contribution in [0.3, 0.4) is 0 Å². The molecule has 0 bridgehead atoms. The Morgan fingerprint density at radius 2 is 1.18 bits per heavy atom. The lowest BCUT2D eigenvalue weighted by atomic mass is 9.84. The van der Waals surface area contributed by atoms with Crippen LogP contribution in [0.4, 0.5) is 17.6 Å². The quantitative estimate of drug-likeness (QED) is 0.198. The van der Waals surface area contributed by atoms with Crippen molar-refractivity contribution in [2.75, 3.05) is 68.5 Å². The number of hydrogen-bond donors (Lipinski definition) is 4. The topological polar surface area (TPSA) is 259 Å². The van der Waals surface area contributed by atoms with Gasteiger partial charge in [0, 0.05) is 61.3 Å². The summed E-state index contributed by atoms with van der Waals surface area (Å²) < 4.78 is 55.8. The minimum absolute atomic E-state index is 0.0185. The lowest BCUT2D eigenvalue weighted by Crippen LogP contribution is -2.64. The third kappa shape index (κ3) is 20.6. The first-order valence-corrected chi connectivity index (χ1v) is 32.6. The molecule has 2 heterocycles. The summed E-state index contributed by atoms with van der Waals surface area (Å²) >= 11 is 0. The Hall–Kier alpha value is -6.89. The van der Waals surface area contributed by atoms with E-state index in [0.29, 0.717) is 44.2 Å². The fourth-order valence-electron chi connectivity index (χ4n) is 13.1. The van der Waals surface area contributed by atoms with Gasteiger partial charge in [-0.3, -0.25) is 52.7 Å². The minimum atomic E-state index is -4.99. The van der Waals surface area contributed by atoms with Crippen LogP contribution in [-0.2, 0) is 65.3 Å². The van der Waals surface area contributed by atoms with Gasteiger partial charge in [0.25, 0.3) is 0 Å². The molecule has 510 valence electrons. The van der Waals surface area contributed by atoms with Gasteiger partial charge in [-0.15, -0.1) is 0 Å². The van der Waals surface area contributed by atoms with E-state index >= 15 is 4.79 Å². The molecular weight excluding hydrogens is 1190 g/mol. The highest BCUT2D eigenvalue weighted by Crippen LogP contribution is 2.35. The van der Waals surface area contributed by atoms with Crippen LogP contribution < -0.4 is 21.3 Å². The van der Waals surface area contributed by atoms with Gasteiger partial charge in [0.05, 0.1) is 25.2 Å². The third-order valence-corrected chi connectivity index (χ3v) is 18.5. The maximum absolute atomic E-state index is 15.0. The van der Waals surface area contributed by atoms with Gasteiger partial charge >= 0.3 is 6.18 Å². The van der Waals surface area contributed by atoms with Gasteiger partial charge in [-0.2, -0.15) is 13.2 Å². The van der Waals surface area contributed by atoms with Gasteiger partial charge in [0.2, 0.25) is 65.0 Å². The lowest BCUT2D eigenvalue weighted by Gasteiger charge is -2.39. The van der Waals surface area contributed by atoms with Crippen LogP contribution in [0.5, 0.6) is 0 Å². The second-order valence-corrected chi connectivity index (χ2v) is 26.9. The number of benzene rings is 1. The van der Waals surface area contributed by atoms with Crippen molar-refractivity contribution in [1.82, 2.24) is 55.6 Å². The molecule has 4 aliphatic rings. The Kier molecular flexibility index (Phi) is 27.6. The van der Waals surface area contributed by atoms with E-state index in [1.54, 1.807) is 6.92 Å². The first-order chi connectivity index (χ1) is 42.7. The molecule has 2 aliphatic heterocycles. The average molecular weight is 1290 g/mol. The minimum Gasteiger partial charge on any atom is -0.351 e. The van der Waals surface area contributed by atoms with Crippen molar-refractivity contribution in [3.63, 3.8) is 0 Å². The summed E-state index contributed by atoms with van der Waals surface area (Å²) in [5.41, 5.74) is -2.94. The first-order valence-electron chi connectivity index (χ1n) is 32.6. The van der Waals surface area contributed by atoms with Crippen molar-refractivity contribution in [3.05, 3.63) is 35.1 Å². The van der Waals surface area contributed by atoms with Gasteiger partial charge < -0.3 is 55.6 Å². The van der Waals surface area contributed by atoms with Crippen LogP contribution in [0.25, 0.3) is 0 Å². The molecule has 4 fully saturated rings. The number of rotatable bonds is 12. The Morgan fingerprint density at radius 3 is 1.77 bits per heavy atom. The van der Waals surface area contributed by atoms with Crippen LogP contribution in [0, 0.1) is 23.6 Å². The molecule has 91 heavy (non-hydrogen) atoms. The summed E-state index contributed by atoms with van der Waals surface area (Å²) in [5.74, 6) is -8.74. The molecule has 2 saturated heterocycles. The first kappa shape index (κ1) is 74.8. The highest BCUT2D eigenvalue weighted by molar-refractivity contribution is 5.99. The van der Waals surface area contributed by atoms with E-state index in [-0.39, 0.29) is 94.1 Å². The van der Waals surface area contributed by atoms with Crippen LogP contribution in [0.15, 0.2) is 18.2 Å². The fourth-order valence-corrected chi connectivity index (χ4v) is 13.1. The maximum atomic E-state index is 15.0. The van der Waals surface area contributed by atoms with E-state index in [1.165, 1.54) is 61.9 Å². The summed E-state index contributed by atoms with van der Waals surface area (Å²) in [5, 5.41) is 11.5. The molecule has 26 heteroatoms. The lowest BCUT2D eigenvalue weighted by molar-refractivity contribution is -0.149. The smallest absolute Gasteiger partial charge is 0.351 e. The molecule has 11 amide bonds. The number of hydrogen-bond acceptors (Lipinski definition) is 11. The Balaban J connectivity index is 1.55. The zero-order valence-corrected chi connectivity index (χ0v) is 55.6. The van der Waals surface area contributed by atoms with Crippen LogP contribution in [0.1, 0.15) is 175 Å². The Bertz CT molecular complexity index is 2760. The van der Waals surface area contributed by atoms with Crippen molar-refractivity contribution in [1.29, 1.82) is 0 Å². The largest absolute Gasteiger partial charge is 0.419 e. The summed E-state index contributed by atoms with van der Waals surface area (Å²) in [4.78, 5) is 168. The highest BCUT2D eigenvalue weighted by atomic mass is 19.4. The van der Waals surface area contributed by atoms with E-state index < -0.39 is 150 Å². The summed E-state index contributed by atoms with van der Waals surface area (Å²) in [6.45, 7) is 9.41. The molecule has 1 aromatic carbocycles. The predicted molar refractivity (Wildman–Crippen MR) is 332 cm³/mol. The molecule has 0 unspecified atom stereocenters. The summed E-state index contributed by atoms with van der Waals surface area (Å²) in [6, 6.07) is -5.51. The van der Waals surface area contributed by atoms with Crippen LogP contribution >= 0.6 is 0 Å². The monoisotopic (exact) mass is 1290 g/mol.